The highest BCUT2D eigenvalue weighted by Gasteiger charge is 2.39. The van der Waals surface area contributed by atoms with Crippen LogP contribution in [0, 0.1) is 11.8 Å². The van der Waals surface area contributed by atoms with Crippen LogP contribution in [0.5, 0.6) is 0 Å². The van der Waals surface area contributed by atoms with E-state index in [1.165, 1.54) is 6.42 Å². The molecule has 3 heteroatoms. The van der Waals surface area contributed by atoms with E-state index in [0.717, 1.165) is 18.4 Å². The summed E-state index contributed by atoms with van der Waals surface area (Å²) in [5.41, 5.74) is 5.94. The highest BCUT2D eigenvalue weighted by atomic mass is 16.5. The molecule has 1 rings (SSSR count). The van der Waals surface area contributed by atoms with E-state index in [-0.39, 0.29) is 5.54 Å². The van der Waals surface area contributed by atoms with Gasteiger partial charge in [0.25, 0.3) is 0 Å². The lowest BCUT2D eigenvalue weighted by molar-refractivity contribution is -0.0432. The predicted molar refractivity (Wildman–Crippen MR) is 68.4 cm³/mol. The van der Waals surface area contributed by atoms with E-state index in [9.17, 15) is 0 Å². The van der Waals surface area contributed by atoms with E-state index in [0.29, 0.717) is 19.2 Å². The van der Waals surface area contributed by atoms with Crippen molar-refractivity contribution in [1.82, 2.24) is 4.90 Å². The fourth-order valence-corrected chi connectivity index (χ4v) is 3.00. The Balaban J connectivity index is 2.81. The lowest BCUT2D eigenvalue weighted by atomic mass is 9.82. The topological polar surface area (TPSA) is 38.5 Å². The van der Waals surface area contributed by atoms with Crippen molar-refractivity contribution in [2.75, 3.05) is 26.8 Å². The number of nitrogens with zero attached hydrogens (tertiary/aromatic N) is 1. The van der Waals surface area contributed by atoms with Crippen molar-refractivity contribution in [3.63, 3.8) is 0 Å². The molecular weight excluding hydrogens is 200 g/mol. The zero-order chi connectivity index (χ0) is 12.3. The molecule has 0 aromatic heterocycles. The van der Waals surface area contributed by atoms with Crippen LogP contribution in [0.2, 0.25) is 0 Å². The number of ether oxygens (including phenoxy) is 1. The summed E-state index contributed by atoms with van der Waals surface area (Å²) in [6.07, 6.45) is 1.32. The van der Waals surface area contributed by atoms with Crippen molar-refractivity contribution < 1.29 is 4.74 Å². The molecule has 0 aliphatic carbocycles. The maximum atomic E-state index is 5.96. The molecule has 3 nitrogen and oxygen atoms in total. The fraction of sp³-hybridized carbons (Fsp3) is 1.00. The quantitative estimate of drug-likeness (QED) is 0.796. The van der Waals surface area contributed by atoms with E-state index in [1.54, 1.807) is 7.11 Å². The lowest BCUT2D eigenvalue weighted by Crippen LogP contribution is -2.62. The first kappa shape index (κ1) is 13.9. The minimum absolute atomic E-state index is 0.0168. The second-order valence-corrected chi connectivity index (χ2v) is 5.85. The van der Waals surface area contributed by atoms with Gasteiger partial charge in [-0.25, -0.2) is 0 Å². The fourth-order valence-electron chi connectivity index (χ4n) is 3.00. The summed E-state index contributed by atoms with van der Waals surface area (Å²) in [5, 5.41) is 0. The molecule has 0 saturated carbocycles. The molecule has 0 radical (unpaired) electrons. The van der Waals surface area contributed by atoms with Gasteiger partial charge in [-0.3, -0.25) is 4.90 Å². The van der Waals surface area contributed by atoms with Gasteiger partial charge in [-0.1, -0.05) is 13.8 Å². The van der Waals surface area contributed by atoms with Crippen LogP contribution in [-0.4, -0.2) is 43.3 Å². The molecule has 1 fully saturated rings. The van der Waals surface area contributed by atoms with Crippen molar-refractivity contribution in [2.45, 2.75) is 45.7 Å². The lowest BCUT2D eigenvalue weighted by Gasteiger charge is -2.50. The van der Waals surface area contributed by atoms with Crippen molar-refractivity contribution >= 4 is 0 Å². The van der Waals surface area contributed by atoms with Crippen LogP contribution < -0.4 is 5.73 Å². The number of hydrogen-bond acceptors (Lipinski definition) is 3. The molecule has 1 aliphatic rings. The van der Waals surface area contributed by atoms with Crippen LogP contribution in [0.3, 0.4) is 0 Å². The zero-order valence-corrected chi connectivity index (χ0v) is 11.5. The molecule has 16 heavy (non-hydrogen) atoms. The Kier molecular flexibility index (Phi) is 4.77. The summed E-state index contributed by atoms with van der Waals surface area (Å²) >= 11 is 0. The second-order valence-electron chi connectivity index (χ2n) is 5.85. The highest BCUT2D eigenvalue weighted by Crippen LogP contribution is 2.32. The second kappa shape index (κ2) is 5.48. The third-order valence-corrected chi connectivity index (χ3v) is 4.19. The Morgan fingerprint density at radius 1 is 1.38 bits per heavy atom. The predicted octanol–water partition coefficient (Wildman–Crippen LogP) is 1.72. The summed E-state index contributed by atoms with van der Waals surface area (Å²) in [6, 6.07) is 0.597. The SMILES string of the molecule is COCC(C)(CN)N1CC(C)CC(C)C1C. The number of rotatable bonds is 4. The highest BCUT2D eigenvalue weighted by molar-refractivity contribution is 4.95. The molecule has 0 aromatic rings. The molecular formula is C13H28N2O. The average Bonchev–Trinajstić information content (AvgIpc) is 2.23. The van der Waals surface area contributed by atoms with Crippen molar-refractivity contribution in [3.8, 4) is 0 Å². The van der Waals surface area contributed by atoms with Gasteiger partial charge >= 0.3 is 0 Å². The van der Waals surface area contributed by atoms with Gasteiger partial charge in [0.2, 0.25) is 0 Å². The van der Waals surface area contributed by atoms with E-state index in [1.807, 2.05) is 0 Å². The Labute approximate surface area is 100 Å². The van der Waals surface area contributed by atoms with E-state index in [2.05, 4.69) is 32.6 Å². The largest absolute Gasteiger partial charge is 0.383 e. The molecule has 4 unspecified atom stereocenters. The van der Waals surface area contributed by atoms with Crippen LogP contribution in [0.25, 0.3) is 0 Å². The standard InChI is InChI=1S/C13H28N2O/c1-10-6-11(2)12(3)15(7-10)13(4,8-14)9-16-5/h10-12H,6-9,14H2,1-5H3. The van der Waals surface area contributed by atoms with Gasteiger partial charge in [-0.2, -0.15) is 0 Å². The van der Waals surface area contributed by atoms with E-state index >= 15 is 0 Å². The van der Waals surface area contributed by atoms with Gasteiger partial charge in [0.1, 0.15) is 0 Å². The number of methoxy groups -OCH3 is 1. The number of nitrogens with two attached hydrogens (primary N) is 1. The third kappa shape index (κ3) is 2.76. The molecule has 0 spiro atoms. The number of hydrogen-bond donors (Lipinski definition) is 1. The van der Waals surface area contributed by atoms with Gasteiger partial charge in [-0.15, -0.1) is 0 Å². The van der Waals surface area contributed by atoms with Gasteiger partial charge < -0.3 is 10.5 Å². The maximum absolute atomic E-state index is 5.96. The first-order valence-electron chi connectivity index (χ1n) is 6.40. The van der Waals surface area contributed by atoms with Crippen molar-refractivity contribution in [2.24, 2.45) is 17.6 Å². The third-order valence-electron chi connectivity index (χ3n) is 4.19. The monoisotopic (exact) mass is 228 g/mol. The molecule has 0 bridgehead atoms. The molecule has 96 valence electrons. The van der Waals surface area contributed by atoms with E-state index in [4.69, 9.17) is 10.5 Å². The molecule has 0 aromatic carbocycles. The molecule has 1 heterocycles. The molecule has 1 saturated heterocycles. The minimum Gasteiger partial charge on any atom is -0.383 e. The van der Waals surface area contributed by atoms with Gasteiger partial charge in [0, 0.05) is 26.2 Å². The Morgan fingerprint density at radius 3 is 2.50 bits per heavy atom. The molecule has 2 N–H and O–H groups in total. The summed E-state index contributed by atoms with van der Waals surface area (Å²) < 4.78 is 5.35. The zero-order valence-electron chi connectivity index (χ0n) is 11.5. The normalized spacial score (nSPS) is 36.0. The Morgan fingerprint density at radius 2 is 2.00 bits per heavy atom. The van der Waals surface area contributed by atoms with Gasteiger partial charge in [0.05, 0.1) is 12.1 Å². The van der Waals surface area contributed by atoms with Crippen molar-refractivity contribution in [1.29, 1.82) is 0 Å². The Hall–Kier alpha value is -0.120. The molecule has 1 aliphatic heterocycles. The van der Waals surface area contributed by atoms with Crippen LogP contribution in [0.15, 0.2) is 0 Å². The van der Waals surface area contributed by atoms with Crippen LogP contribution in [0.1, 0.15) is 34.1 Å². The van der Waals surface area contributed by atoms with Crippen LogP contribution >= 0.6 is 0 Å². The van der Waals surface area contributed by atoms with E-state index < -0.39 is 0 Å². The molecule has 0 amide bonds. The summed E-state index contributed by atoms with van der Waals surface area (Å²) in [6.45, 7) is 11.7. The first-order chi connectivity index (χ1) is 7.44. The smallest absolute Gasteiger partial charge is 0.0656 e. The summed E-state index contributed by atoms with van der Waals surface area (Å²) in [7, 11) is 1.76. The molecule has 4 atom stereocenters. The first-order valence-corrected chi connectivity index (χ1v) is 6.40. The Bertz CT molecular complexity index is 222. The van der Waals surface area contributed by atoms with Gasteiger partial charge in [-0.05, 0) is 32.1 Å². The van der Waals surface area contributed by atoms with Crippen LogP contribution in [0.4, 0.5) is 0 Å². The van der Waals surface area contributed by atoms with Gasteiger partial charge in [0.15, 0.2) is 0 Å². The van der Waals surface area contributed by atoms with Crippen molar-refractivity contribution in [3.05, 3.63) is 0 Å². The van der Waals surface area contributed by atoms with Crippen LogP contribution in [-0.2, 0) is 4.74 Å². The summed E-state index contributed by atoms with van der Waals surface area (Å²) in [4.78, 5) is 2.55. The average molecular weight is 228 g/mol. The number of likely N-dealkylation sites (tertiary alicyclic amines) is 1. The summed E-state index contributed by atoms with van der Waals surface area (Å²) in [5.74, 6) is 1.50. The minimum atomic E-state index is -0.0168. The number of piperidine rings is 1. The maximum Gasteiger partial charge on any atom is 0.0656 e.